The van der Waals surface area contributed by atoms with Gasteiger partial charge in [-0.15, -0.1) is 0 Å². The number of benzene rings is 2. The second-order valence-electron chi connectivity index (χ2n) is 6.41. The molecule has 10 heteroatoms. The van der Waals surface area contributed by atoms with E-state index in [9.17, 15) is 18.0 Å². The van der Waals surface area contributed by atoms with Gasteiger partial charge in [0.15, 0.2) is 0 Å². The first-order chi connectivity index (χ1) is 13.8. The molecule has 0 aliphatic carbocycles. The summed E-state index contributed by atoms with van der Waals surface area (Å²) in [5, 5.41) is 0.486. The molecule has 0 spiro atoms. The Morgan fingerprint density at radius 2 is 1.62 bits per heavy atom. The van der Waals surface area contributed by atoms with Crippen LogP contribution in [0.3, 0.4) is 0 Å². The van der Waals surface area contributed by atoms with Crippen molar-refractivity contribution >= 4 is 33.4 Å². The third kappa shape index (κ3) is 4.94. The zero-order valence-electron chi connectivity index (χ0n) is 15.6. The fraction of sp³-hybridized carbons (Fsp3) is 0.263. The second kappa shape index (κ2) is 8.91. The van der Waals surface area contributed by atoms with Crippen LogP contribution >= 0.6 is 11.6 Å². The highest BCUT2D eigenvalue weighted by molar-refractivity contribution is 7.89. The lowest BCUT2D eigenvalue weighted by molar-refractivity contribution is 0.0730. The van der Waals surface area contributed by atoms with Crippen LogP contribution in [-0.4, -0.2) is 50.8 Å². The van der Waals surface area contributed by atoms with Crippen LogP contribution in [0.15, 0.2) is 47.4 Å². The molecule has 1 fully saturated rings. The average Bonchev–Trinajstić information content (AvgIpc) is 2.73. The fourth-order valence-electron chi connectivity index (χ4n) is 2.80. The summed E-state index contributed by atoms with van der Waals surface area (Å²) in [4.78, 5) is 24.7. The van der Waals surface area contributed by atoms with Crippen molar-refractivity contribution in [3.63, 3.8) is 0 Å². The first-order valence-electron chi connectivity index (χ1n) is 8.84. The van der Waals surface area contributed by atoms with E-state index >= 15 is 0 Å². The molecule has 2 amide bonds. The van der Waals surface area contributed by atoms with Crippen molar-refractivity contribution in [2.45, 2.75) is 11.8 Å². The Morgan fingerprint density at radius 3 is 2.28 bits per heavy atom. The molecule has 0 unspecified atom stereocenters. The smallest absolute Gasteiger partial charge is 0.270 e. The van der Waals surface area contributed by atoms with Crippen molar-refractivity contribution in [2.75, 3.05) is 26.3 Å². The quantitative estimate of drug-likeness (QED) is 0.709. The highest BCUT2D eigenvalue weighted by Crippen LogP contribution is 2.20. The molecule has 1 aliphatic heterocycles. The normalized spacial score (nSPS) is 15.0. The van der Waals surface area contributed by atoms with E-state index in [-0.39, 0.29) is 23.5 Å². The van der Waals surface area contributed by atoms with Gasteiger partial charge < -0.3 is 4.74 Å². The van der Waals surface area contributed by atoms with Gasteiger partial charge in [0.25, 0.3) is 11.8 Å². The van der Waals surface area contributed by atoms with Crippen molar-refractivity contribution in [3.05, 3.63) is 64.2 Å². The summed E-state index contributed by atoms with van der Waals surface area (Å²) in [6.07, 6.45) is 0. The van der Waals surface area contributed by atoms with Crippen molar-refractivity contribution < 1.29 is 22.7 Å². The zero-order valence-corrected chi connectivity index (χ0v) is 17.2. The predicted molar refractivity (Wildman–Crippen MR) is 107 cm³/mol. The van der Waals surface area contributed by atoms with Gasteiger partial charge in [-0.05, 0) is 48.9 Å². The van der Waals surface area contributed by atoms with E-state index < -0.39 is 21.8 Å². The molecular formula is C19H20ClN3O5S. The lowest BCUT2D eigenvalue weighted by Gasteiger charge is -2.26. The van der Waals surface area contributed by atoms with Gasteiger partial charge in [0.1, 0.15) is 0 Å². The molecule has 2 aromatic carbocycles. The minimum Gasteiger partial charge on any atom is -0.379 e. The van der Waals surface area contributed by atoms with Gasteiger partial charge in [-0.2, -0.15) is 4.31 Å². The number of carbonyl (C=O) groups is 2. The molecule has 0 atom stereocenters. The van der Waals surface area contributed by atoms with Crippen molar-refractivity contribution in [2.24, 2.45) is 0 Å². The molecule has 2 aromatic rings. The number of amides is 2. The summed E-state index contributed by atoms with van der Waals surface area (Å²) in [6, 6.07) is 10.5. The van der Waals surface area contributed by atoms with Crippen LogP contribution in [0.4, 0.5) is 0 Å². The Balaban J connectivity index is 1.74. The molecule has 3 rings (SSSR count). The van der Waals surface area contributed by atoms with E-state index in [1.165, 1.54) is 28.6 Å². The van der Waals surface area contributed by atoms with Gasteiger partial charge in [0.2, 0.25) is 10.0 Å². The Labute approximate surface area is 173 Å². The topological polar surface area (TPSA) is 105 Å². The van der Waals surface area contributed by atoms with Crippen LogP contribution in [0.2, 0.25) is 5.02 Å². The van der Waals surface area contributed by atoms with E-state index in [1.807, 2.05) is 0 Å². The summed E-state index contributed by atoms with van der Waals surface area (Å²) >= 11 is 5.79. The number of ether oxygens (including phenoxy) is 1. The third-order valence-corrected chi connectivity index (χ3v) is 6.60. The molecule has 0 bridgehead atoms. The average molecular weight is 438 g/mol. The number of hydrogen-bond acceptors (Lipinski definition) is 5. The first kappa shape index (κ1) is 21.3. The summed E-state index contributed by atoms with van der Waals surface area (Å²) in [6.45, 7) is 2.86. The Hall–Kier alpha value is -2.46. The zero-order chi connectivity index (χ0) is 21.0. The van der Waals surface area contributed by atoms with Crippen LogP contribution < -0.4 is 10.9 Å². The molecule has 1 saturated heterocycles. The van der Waals surface area contributed by atoms with Crippen LogP contribution in [0.1, 0.15) is 26.3 Å². The van der Waals surface area contributed by atoms with Gasteiger partial charge >= 0.3 is 0 Å². The molecule has 29 heavy (non-hydrogen) atoms. The fourth-order valence-corrected chi connectivity index (χ4v) is 4.36. The van der Waals surface area contributed by atoms with Crippen LogP contribution in [0, 0.1) is 6.92 Å². The number of nitrogens with zero attached hydrogens (tertiary/aromatic N) is 1. The van der Waals surface area contributed by atoms with Gasteiger partial charge in [-0.3, -0.25) is 20.4 Å². The molecule has 154 valence electrons. The summed E-state index contributed by atoms with van der Waals surface area (Å²) in [5.74, 6) is -1.14. The van der Waals surface area contributed by atoms with Crippen LogP contribution in [0.5, 0.6) is 0 Å². The number of hydrazine groups is 1. The highest BCUT2D eigenvalue weighted by atomic mass is 35.5. The number of halogens is 1. The number of sulfonamides is 1. The van der Waals surface area contributed by atoms with Gasteiger partial charge in [0, 0.05) is 29.2 Å². The lowest BCUT2D eigenvalue weighted by atomic mass is 10.1. The lowest BCUT2D eigenvalue weighted by Crippen LogP contribution is -2.42. The summed E-state index contributed by atoms with van der Waals surface area (Å²) in [7, 11) is -3.74. The van der Waals surface area contributed by atoms with Gasteiger partial charge in [0.05, 0.1) is 18.1 Å². The minimum atomic E-state index is -3.74. The Kier molecular flexibility index (Phi) is 6.53. The predicted octanol–water partition coefficient (Wildman–Crippen LogP) is 1.74. The van der Waals surface area contributed by atoms with Crippen LogP contribution in [-0.2, 0) is 14.8 Å². The third-order valence-electron chi connectivity index (χ3n) is 4.46. The number of aryl methyl sites for hydroxylation is 1. The second-order valence-corrected chi connectivity index (χ2v) is 8.78. The molecule has 0 saturated carbocycles. The number of nitrogens with one attached hydrogen (secondary N) is 2. The Bertz CT molecular complexity index is 1020. The number of rotatable bonds is 4. The van der Waals surface area contributed by atoms with Crippen molar-refractivity contribution in [1.82, 2.24) is 15.2 Å². The van der Waals surface area contributed by atoms with Crippen molar-refractivity contribution in [3.8, 4) is 0 Å². The van der Waals surface area contributed by atoms with Gasteiger partial charge in [-0.1, -0.05) is 17.7 Å². The highest BCUT2D eigenvalue weighted by Gasteiger charge is 2.27. The van der Waals surface area contributed by atoms with Gasteiger partial charge in [-0.25, -0.2) is 8.42 Å². The molecule has 1 heterocycles. The molecule has 2 N–H and O–H groups in total. The molecule has 0 radical (unpaired) electrons. The van der Waals surface area contributed by atoms with Crippen molar-refractivity contribution in [1.29, 1.82) is 0 Å². The van der Waals surface area contributed by atoms with E-state index in [0.717, 1.165) is 0 Å². The van der Waals surface area contributed by atoms with E-state index in [0.29, 0.717) is 29.4 Å². The molecule has 8 nitrogen and oxygen atoms in total. The molecular weight excluding hydrogens is 418 g/mol. The van der Waals surface area contributed by atoms with E-state index in [4.69, 9.17) is 16.3 Å². The molecule has 0 aromatic heterocycles. The summed E-state index contributed by atoms with van der Waals surface area (Å²) < 4.78 is 32.1. The largest absolute Gasteiger partial charge is 0.379 e. The summed E-state index contributed by atoms with van der Waals surface area (Å²) in [5.41, 5.74) is 5.66. The number of carbonyl (C=O) groups excluding carboxylic acids is 2. The Morgan fingerprint density at radius 1 is 1.00 bits per heavy atom. The van der Waals surface area contributed by atoms with E-state index in [1.54, 1.807) is 25.1 Å². The van der Waals surface area contributed by atoms with E-state index in [2.05, 4.69) is 10.9 Å². The first-order valence-corrected chi connectivity index (χ1v) is 10.7. The monoisotopic (exact) mass is 437 g/mol. The van der Waals surface area contributed by atoms with Crippen LogP contribution in [0.25, 0.3) is 0 Å². The SMILES string of the molecule is Cc1ccc(S(=O)(=O)N2CCOCC2)cc1C(=O)NNC(=O)c1ccc(Cl)cc1. The maximum atomic E-state index is 12.8. The maximum Gasteiger partial charge on any atom is 0.270 e. The minimum absolute atomic E-state index is 0.0131. The number of hydrogen-bond donors (Lipinski definition) is 2. The maximum absolute atomic E-state index is 12.8. The standard InChI is InChI=1S/C19H20ClN3O5S/c1-13-2-7-16(29(26,27)23-8-10-28-11-9-23)12-17(13)19(25)22-21-18(24)14-3-5-15(20)6-4-14/h2-7,12H,8-11H2,1H3,(H,21,24)(H,22,25). The molecule has 1 aliphatic rings. The number of morpholine rings is 1.